The fourth-order valence-electron chi connectivity index (χ4n) is 1.61. The van der Waals surface area contributed by atoms with Crippen LogP contribution in [-0.2, 0) is 0 Å². The summed E-state index contributed by atoms with van der Waals surface area (Å²) in [5.41, 5.74) is 0. The maximum absolute atomic E-state index is 4.33. The van der Waals surface area contributed by atoms with Crippen molar-refractivity contribution in [1.82, 2.24) is 10.6 Å². The highest BCUT2D eigenvalue weighted by Crippen LogP contribution is 2.27. The molecule has 1 radical (unpaired) electrons. The van der Waals surface area contributed by atoms with E-state index in [-0.39, 0.29) is 0 Å². The summed E-state index contributed by atoms with van der Waals surface area (Å²) in [7, 11) is 0. The van der Waals surface area contributed by atoms with E-state index in [0.29, 0.717) is 0 Å². The minimum Gasteiger partial charge on any atom is -0.314 e. The second kappa shape index (κ2) is 3.55. The largest absolute Gasteiger partial charge is 0.314 e. The van der Waals surface area contributed by atoms with Crippen LogP contribution in [0, 0.1) is 5.92 Å². The van der Waals surface area contributed by atoms with E-state index in [0.717, 1.165) is 25.0 Å². The molecule has 11 heavy (non-hydrogen) atoms. The van der Waals surface area contributed by atoms with Crippen molar-refractivity contribution >= 4 is 0 Å². The van der Waals surface area contributed by atoms with Gasteiger partial charge >= 0.3 is 0 Å². The second-order valence-corrected chi connectivity index (χ2v) is 3.80. The molecule has 0 amide bonds. The molecule has 1 aliphatic carbocycles. The fourth-order valence-corrected chi connectivity index (χ4v) is 1.61. The molecule has 1 heterocycles. The van der Waals surface area contributed by atoms with Crippen LogP contribution < -0.4 is 10.6 Å². The lowest BCUT2D eigenvalue weighted by atomic mass is 10.1. The van der Waals surface area contributed by atoms with Crippen molar-refractivity contribution in [1.29, 1.82) is 0 Å². The highest BCUT2D eigenvalue weighted by Gasteiger charge is 2.22. The summed E-state index contributed by atoms with van der Waals surface area (Å²) in [6.07, 6.45) is 5.47. The summed E-state index contributed by atoms with van der Waals surface area (Å²) in [6.45, 7) is 3.44. The van der Waals surface area contributed by atoms with Crippen LogP contribution in [0.2, 0.25) is 0 Å². The summed E-state index contributed by atoms with van der Waals surface area (Å²) in [4.78, 5) is 0. The molecule has 0 aromatic rings. The quantitative estimate of drug-likeness (QED) is 0.636. The molecule has 0 aromatic heterocycles. The predicted octanol–water partition coefficient (Wildman–Crippen LogP) is 0.753. The van der Waals surface area contributed by atoms with E-state index in [9.17, 15) is 0 Å². The molecule has 2 heteroatoms. The van der Waals surface area contributed by atoms with Gasteiger partial charge in [-0.3, -0.25) is 0 Å². The molecular formula is C9H17N2. The van der Waals surface area contributed by atoms with Crippen molar-refractivity contribution in [3.05, 3.63) is 0 Å². The van der Waals surface area contributed by atoms with Crippen LogP contribution in [0.3, 0.4) is 0 Å². The number of hydrogen-bond acceptors (Lipinski definition) is 1. The van der Waals surface area contributed by atoms with Crippen LogP contribution in [0.5, 0.6) is 0 Å². The van der Waals surface area contributed by atoms with Gasteiger partial charge in [0.25, 0.3) is 0 Å². The standard InChI is InChI=1S/C9H17N2/c1-2-8(1)7-11-9-3-5-10-6-4-9/h8-9,11H,1-7H2. The Hall–Kier alpha value is -0.0800. The summed E-state index contributed by atoms with van der Waals surface area (Å²) < 4.78 is 0. The van der Waals surface area contributed by atoms with E-state index < -0.39 is 0 Å². The molecule has 0 spiro atoms. The van der Waals surface area contributed by atoms with Gasteiger partial charge < -0.3 is 5.32 Å². The summed E-state index contributed by atoms with van der Waals surface area (Å²) in [5, 5.41) is 7.95. The SMILES string of the molecule is C1CC(NCC2CC2)CC[N]1. The Morgan fingerprint density at radius 1 is 1.09 bits per heavy atom. The van der Waals surface area contributed by atoms with Gasteiger partial charge in [-0.25, -0.2) is 5.32 Å². The zero-order chi connectivity index (χ0) is 7.52. The Kier molecular flexibility index (Phi) is 2.44. The molecule has 1 aliphatic heterocycles. The van der Waals surface area contributed by atoms with Crippen LogP contribution in [-0.4, -0.2) is 25.7 Å². The monoisotopic (exact) mass is 153 g/mol. The third-order valence-electron chi connectivity index (χ3n) is 2.66. The topological polar surface area (TPSA) is 26.1 Å². The van der Waals surface area contributed by atoms with E-state index in [2.05, 4.69) is 10.6 Å². The molecule has 2 aliphatic rings. The molecular weight excluding hydrogens is 136 g/mol. The number of hydrogen-bond donors (Lipinski definition) is 1. The normalized spacial score (nSPS) is 27.3. The van der Waals surface area contributed by atoms with Crippen LogP contribution in [0.1, 0.15) is 25.7 Å². The van der Waals surface area contributed by atoms with E-state index in [1.165, 1.54) is 32.2 Å². The lowest BCUT2D eigenvalue weighted by Crippen LogP contribution is -2.38. The highest BCUT2D eigenvalue weighted by molar-refractivity contribution is 4.80. The molecule has 1 saturated heterocycles. The van der Waals surface area contributed by atoms with Gasteiger partial charge in [0.1, 0.15) is 0 Å². The Bertz CT molecular complexity index is 115. The van der Waals surface area contributed by atoms with Gasteiger partial charge in [0, 0.05) is 19.1 Å². The van der Waals surface area contributed by atoms with Crippen molar-refractivity contribution in [2.75, 3.05) is 19.6 Å². The van der Waals surface area contributed by atoms with Crippen molar-refractivity contribution in [2.45, 2.75) is 31.7 Å². The lowest BCUT2D eigenvalue weighted by molar-refractivity contribution is 0.378. The molecule has 1 N–H and O–H groups in total. The molecule has 0 aromatic carbocycles. The molecule has 1 saturated carbocycles. The zero-order valence-corrected chi connectivity index (χ0v) is 7.05. The molecule has 0 bridgehead atoms. The molecule has 2 fully saturated rings. The van der Waals surface area contributed by atoms with Crippen molar-refractivity contribution < 1.29 is 0 Å². The minimum absolute atomic E-state index is 0.785. The van der Waals surface area contributed by atoms with Gasteiger partial charge in [-0.15, -0.1) is 0 Å². The fraction of sp³-hybridized carbons (Fsp3) is 1.00. The van der Waals surface area contributed by atoms with E-state index in [1.54, 1.807) is 0 Å². The third-order valence-corrected chi connectivity index (χ3v) is 2.66. The van der Waals surface area contributed by atoms with Crippen LogP contribution >= 0.6 is 0 Å². The zero-order valence-electron chi connectivity index (χ0n) is 7.05. The second-order valence-electron chi connectivity index (χ2n) is 3.80. The molecule has 0 unspecified atom stereocenters. The number of nitrogens with zero attached hydrogens (tertiary/aromatic N) is 1. The smallest absolute Gasteiger partial charge is 0.0148 e. The van der Waals surface area contributed by atoms with Gasteiger partial charge in [0.05, 0.1) is 0 Å². The lowest BCUT2D eigenvalue weighted by Gasteiger charge is -2.22. The Labute approximate surface area is 68.7 Å². The first kappa shape index (κ1) is 7.56. The van der Waals surface area contributed by atoms with E-state index >= 15 is 0 Å². The molecule has 0 atom stereocenters. The van der Waals surface area contributed by atoms with Crippen molar-refractivity contribution in [3.8, 4) is 0 Å². The van der Waals surface area contributed by atoms with Crippen LogP contribution in [0.4, 0.5) is 0 Å². The van der Waals surface area contributed by atoms with Crippen LogP contribution in [0.25, 0.3) is 0 Å². The van der Waals surface area contributed by atoms with Gasteiger partial charge in [0.2, 0.25) is 0 Å². The van der Waals surface area contributed by atoms with Gasteiger partial charge in [-0.2, -0.15) is 0 Å². The number of piperidine rings is 1. The van der Waals surface area contributed by atoms with Gasteiger partial charge in [-0.1, -0.05) is 0 Å². The first-order chi connectivity index (χ1) is 5.45. The Balaban J connectivity index is 1.59. The average Bonchev–Trinajstić information content (AvgIpc) is 2.86. The van der Waals surface area contributed by atoms with Crippen molar-refractivity contribution in [2.24, 2.45) is 5.92 Å². The third kappa shape index (κ3) is 2.46. The Morgan fingerprint density at radius 2 is 1.82 bits per heavy atom. The summed E-state index contributed by atoms with van der Waals surface area (Å²) >= 11 is 0. The maximum atomic E-state index is 4.33. The van der Waals surface area contributed by atoms with Crippen molar-refractivity contribution in [3.63, 3.8) is 0 Å². The highest BCUT2D eigenvalue weighted by atomic mass is 15.0. The molecule has 63 valence electrons. The van der Waals surface area contributed by atoms with Gasteiger partial charge in [0.15, 0.2) is 0 Å². The molecule has 2 nitrogen and oxygen atoms in total. The average molecular weight is 153 g/mol. The summed E-state index contributed by atoms with van der Waals surface area (Å²) in [5.74, 6) is 1.02. The van der Waals surface area contributed by atoms with E-state index in [4.69, 9.17) is 0 Å². The van der Waals surface area contributed by atoms with E-state index in [1.807, 2.05) is 0 Å². The van der Waals surface area contributed by atoms with Crippen LogP contribution in [0.15, 0.2) is 0 Å². The van der Waals surface area contributed by atoms with Gasteiger partial charge in [-0.05, 0) is 38.1 Å². The first-order valence-electron chi connectivity index (χ1n) is 4.82. The molecule has 2 rings (SSSR count). The number of nitrogens with one attached hydrogen (secondary N) is 1. The minimum atomic E-state index is 0.785. The first-order valence-corrected chi connectivity index (χ1v) is 4.82. The number of rotatable bonds is 3. The Morgan fingerprint density at radius 3 is 2.45 bits per heavy atom. The summed E-state index contributed by atoms with van der Waals surface area (Å²) in [6, 6.07) is 0.785. The predicted molar refractivity (Wildman–Crippen MR) is 45.6 cm³/mol. The maximum Gasteiger partial charge on any atom is 0.0148 e.